The molecule has 3 heteroatoms. The number of benzene rings is 1. The van der Waals surface area contributed by atoms with Crippen LogP contribution in [0.2, 0.25) is 0 Å². The maximum absolute atomic E-state index is 5.71. The highest BCUT2D eigenvalue weighted by Crippen LogP contribution is 2.27. The Morgan fingerprint density at radius 3 is 2.53 bits per heavy atom. The van der Waals surface area contributed by atoms with E-state index in [1.165, 1.54) is 18.4 Å². The van der Waals surface area contributed by atoms with Crippen molar-refractivity contribution in [1.82, 2.24) is 0 Å². The molecular formula is C14H23NO2. The summed E-state index contributed by atoms with van der Waals surface area (Å²) in [6, 6.07) is 5.99. The average molecular weight is 237 g/mol. The van der Waals surface area contributed by atoms with Crippen LogP contribution in [0.25, 0.3) is 0 Å². The van der Waals surface area contributed by atoms with Gasteiger partial charge < -0.3 is 15.2 Å². The molecule has 1 aromatic rings. The second kappa shape index (κ2) is 7.96. The van der Waals surface area contributed by atoms with Crippen LogP contribution in [0.4, 0.5) is 0 Å². The first-order chi connectivity index (χ1) is 8.27. The van der Waals surface area contributed by atoms with Crippen LogP contribution in [-0.4, -0.2) is 20.3 Å². The van der Waals surface area contributed by atoms with E-state index in [1.807, 2.05) is 25.1 Å². The van der Waals surface area contributed by atoms with Gasteiger partial charge in [0.15, 0.2) is 11.5 Å². The van der Waals surface area contributed by atoms with Gasteiger partial charge in [0, 0.05) is 0 Å². The molecule has 0 bridgehead atoms. The Morgan fingerprint density at radius 1 is 1.06 bits per heavy atom. The van der Waals surface area contributed by atoms with Gasteiger partial charge in [-0.3, -0.25) is 0 Å². The molecule has 0 aliphatic rings. The molecule has 17 heavy (non-hydrogen) atoms. The van der Waals surface area contributed by atoms with Crippen molar-refractivity contribution in [2.24, 2.45) is 5.73 Å². The van der Waals surface area contributed by atoms with Crippen LogP contribution >= 0.6 is 0 Å². The van der Waals surface area contributed by atoms with Crippen molar-refractivity contribution in [3.05, 3.63) is 23.8 Å². The molecule has 0 radical (unpaired) electrons. The largest absolute Gasteiger partial charge is 0.493 e. The Bertz CT molecular complexity index is 326. The minimum absolute atomic E-state index is 0.740. The van der Waals surface area contributed by atoms with Crippen LogP contribution in [0.5, 0.6) is 11.5 Å². The lowest BCUT2D eigenvalue weighted by Gasteiger charge is -2.11. The number of hydrogen-bond acceptors (Lipinski definition) is 3. The Hall–Kier alpha value is -1.22. The Morgan fingerprint density at radius 2 is 1.82 bits per heavy atom. The van der Waals surface area contributed by atoms with E-state index in [4.69, 9.17) is 15.2 Å². The van der Waals surface area contributed by atoms with E-state index in [1.54, 1.807) is 7.11 Å². The smallest absolute Gasteiger partial charge is 0.161 e. The Labute approximate surface area is 104 Å². The number of rotatable bonds is 8. The zero-order chi connectivity index (χ0) is 12.5. The van der Waals surface area contributed by atoms with Crippen LogP contribution < -0.4 is 15.2 Å². The van der Waals surface area contributed by atoms with Crippen LogP contribution in [0.15, 0.2) is 18.2 Å². The van der Waals surface area contributed by atoms with Gasteiger partial charge in [-0.25, -0.2) is 0 Å². The molecule has 1 rings (SSSR count). The standard InChI is InChI=1S/C14H23NO2/c1-12-7-8-13(14(11-12)16-2)17-10-6-4-3-5-9-15/h7-8,11H,3-6,9-10,15H2,1-2H3. The fraction of sp³-hybridized carbons (Fsp3) is 0.571. The molecule has 2 N–H and O–H groups in total. The van der Waals surface area contributed by atoms with E-state index in [9.17, 15) is 0 Å². The fourth-order valence-electron chi connectivity index (χ4n) is 1.68. The lowest BCUT2D eigenvalue weighted by atomic mass is 10.2. The number of hydrogen-bond donors (Lipinski definition) is 1. The lowest BCUT2D eigenvalue weighted by Crippen LogP contribution is -2.01. The summed E-state index contributed by atoms with van der Waals surface area (Å²) in [7, 11) is 1.67. The molecule has 0 saturated carbocycles. The molecule has 0 heterocycles. The molecular weight excluding hydrogens is 214 g/mol. The van der Waals surface area contributed by atoms with E-state index in [-0.39, 0.29) is 0 Å². The van der Waals surface area contributed by atoms with Crippen molar-refractivity contribution in [2.75, 3.05) is 20.3 Å². The maximum atomic E-state index is 5.71. The third-order valence-electron chi connectivity index (χ3n) is 2.68. The number of methoxy groups -OCH3 is 1. The van der Waals surface area contributed by atoms with E-state index in [0.29, 0.717) is 0 Å². The minimum atomic E-state index is 0.740. The minimum Gasteiger partial charge on any atom is -0.493 e. The van der Waals surface area contributed by atoms with Crippen LogP contribution in [-0.2, 0) is 0 Å². The van der Waals surface area contributed by atoms with Gasteiger partial charge in [0.2, 0.25) is 0 Å². The predicted molar refractivity (Wildman–Crippen MR) is 70.7 cm³/mol. The highest BCUT2D eigenvalue weighted by Gasteiger charge is 2.03. The van der Waals surface area contributed by atoms with Gasteiger partial charge in [-0.05, 0) is 44.0 Å². The van der Waals surface area contributed by atoms with Gasteiger partial charge in [0.05, 0.1) is 13.7 Å². The van der Waals surface area contributed by atoms with E-state index < -0.39 is 0 Å². The van der Waals surface area contributed by atoms with Crippen LogP contribution in [0.1, 0.15) is 31.2 Å². The Balaban J connectivity index is 2.31. The summed E-state index contributed by atoms with van der Waals surface area (Å²) < 4.78 is 11.0. The highest BCUT2D eigenvalue weighted by atomic mass is 16.5. The zero-order valence-electron chi connectivity index (χ0n) is 10.9. The van der Waals surface area contributed by atoms with Crippen molar-refractivity contribution in [2.45, 2.75) is 32.6 Å². The molecule has 0 atom stereocenters. The van der Waals surface area contributed by atoms with Crippen molar-refractivity contribution < 1.29 is 9.47 Å². The second-order valence-electron chi connectivity index (χ2n) is 4.21. The van der Waals surface area contributed by atoms with Gasteiger partial charge in [0.1, 0.15) is 0 Å². The third-order valence-corrected chi connectivity index (χ3v) is 2.68. The summed E-state index contributed by atoms with van der Waals surface area (Å²) in [6.07, 6.45) is 4.53. The highest BCUT2D eigenvalue weighted by molar-refractivity contribution is 5.42. The molecule has 0 spiro atoms. The molecule has 0 aromatic heterocycles. The summed E-state index contributed by atoms with van der Waals surface area (Å²) in [5, 5.41) is 0. The third kappa shape index (κ3) is 5.09. The van der Waals surface area contributed by atoms with Crippen molar-refractivity contribution in [3.8, 4) is 11.5 Å². The Kier molecular flexibility index (Phi) is 6.48. The lowest BCUT2D eigenvalue weighted by molar-refractivity contribution is 0.285. The first-order valence-electron chi connectivity index (χ1n) is 6.25. The van der Waals surface area contributed by atoms with Crippen molar-refractivity contribution in [1.29, 1.82) is 0 Å². The second-order valence-corrected chi connectivity index (χ2v) is 4.21. The molecule has 0 aliphatic heterocycles. The molecule has 0 unspecified atom stereocenters. The van der Waals surface area contributed by atoms with Gasteiger partial charge >= 0.3 is 0 Å². The van der Waals surface area contributed by atoms with Gasteiger partial charge in [-0.1, -0.05) is 18.9 Å². The summed E-state index contributed by atoms with van der Waals surface area (Å²) in [5.74, 6) is 1.64. The summed E-state index contributed by atoms with van der Waals surface area (Å²) in [6.45, 7) is 3.57. The number of aryl methyl sites for hydroxylation is 1. The quantitative estimate of drug-likeness (QED) is 0.707. The topological polar surface area (TPSA) is 44.5 Å². The molecule has 3 nitrogen and oxygen atoms in total. The number of ether oxygens (including phenoxy) is 2. The molecule has 0 amide bonds. The number of unbranched alkanes of at least 4 members (excludes halogenated alkanes) is 3. The summed E-state index contributed by atoms with van der Waals surface area (Å²) >= 11 is 0. The van der Waals surface area contributed by atoms with Gasteiger partial charge in [-0.15, -0.1) is 0 Å². The number of nitrogens with two attached hydrogens (primary N) is 1. The summed E-state index contributed by atoms with van der Waals surface area (Å²) in [5.41, 5.74) is 6.62. The van der Waals surface area contributed by atoms with E-state index in [2.05, 4.69) is 0 Å². The molecule has 0 saturated heterocycles. The van der Waals surface area contributed by atoms with Crippen LogP contribution in [0.3, 0.4) is 0 Å². The van der Waals surface area contributed by atoms with Crippen molar-refractivity contribution in [3.63, 3.8) is 0 Å². The predicted octanol–water partition coefficient (Wildman–Crippen LogP) is 2.90. The molecule has 1 aromatic carbocycles. The normalized spacial score (nSPS) is 10.3. The van der Waals surface area contributed by atoms with Crippen LogP contribution in [0, 0.1) is 6.92 Å². The first kappa shape index (κ1) is 13.8. The van der Waals surface area contributed by atoms with Crippen molar-refractivity contribution >= 4 is 0 Å². The zero-order valence-corrected chi connectivity index (χ0v) is 10.9. The van der Waals surface area contributed by atoms with Gasteiger partial charge in [0.25, 0.3) is 0 Å². The van der Waals surface area contributed by atoms with Gasteiger partial charge in [-0.2, -0.15) is 0 Å². The van der Waals surface area contributed by atoms with E-state index >= 15 is 0 Å². The molecule has 0 fully saturated rings. The molecule has 96 valence electrons. The summed E-state index contributed by atoms with van der Waals surface area (Å²) in [4.78, 5) is 0. The fourth-order valence-corrected chi connectivity index (χ4v) is 1.68. The van der Waals surface area contributed by atoms with E-state index in [0.717, 1.165) is 37.5 Å². The average Bonchev–Trinajstić information content (AvgIpc) is 2.35. The monoisotopic (exact) mass is 237 g/mol. The molecule has 0 aliphatic carbocycles. The SMILES string of the molecule is COc1cc(C)ccc1OCCCCCCN. The first-order valence-corrected chi connectivity index (χ1v) is 6.25. The maximum Gasteiger partial charge on any atom is 0.161 e.